The largest absolute Gasteiger partial charge is 0.396 e. The molecule has 2 heterocycles. The Morgan fingerprint density at radius 3 is 3.17 bits per heavy atom. The third-order valence-electron chi connectivity index (χ3n) is 3.27. The van der Waals surface area contributed by atoms with E-state index < -0.39 is 0 Å². The second-order valence-electron chi connectivity index (χ2n) is 4.75. The van der Waals surface area contributed by atoms with E-state index in [-0.39, 0.29) is 12.5 Å². The molecule has 4 nitrogen and oxygen atoms in total. The predicted octanol–water partition coefficient (Wildman–Crippen LogP) is 0.721. The Morgan fingerprint density at radius 1 is 1.61 bits per heavy atom. The summed E-state index contributed by atoms with van der Waals surface area (Å²) in [6.07, 6.45) is 1.90. The van der Waals surface area contributed by atoms with Gasteiger partial charge in [-0.25, -0.2) is 0 Å². The lowest BCUT2D eigenvalue weighted by atomic mass is 10.1. The summed E-state index contributed by atoms with van der Waals surface area (Å²) < 4.78 is 0. The van der Waals surface area contributed by atoms with Gasteiger partial charge in [0.2, 0.25) is 5.91 Å². The molecule has 1 aliphatic rings. The first-order chi connectivity index (χ1) is 8.78. The van der Waals surface area contributed by atoms with Crippen LogP contribution in [-0.4, -0.2) is 48.7 Å². The molecular formula is C13H20N2O2S. The Kier molecular flexibility index (Phi) is 5.16. The van der Waals surface area contributed by atoms with Gasteiger partial charge in [0.05, 0.1) is 6.54 Å². The van der Waals surface area contributed by atoms with Gasteiger partial charge in [0, 0.05) is 24.6 Å². The van der Waals surface area contributed by atoms with Crippen molar-refractivity contribution in [2.45, 2.75) is 12.8 Å². The van der Waals surface area contributed by atoms with E-state index in [1.165, 1.54) is 4.88 Å². The normalized spacial score (nSPS) is 20.2. The summed E-state index contributed by atoms with van der Waals surface area (Å²) in [6, 6.07) is 4.12. The highest BCUT2D eigenvalue weighted by molar-refractivity contribution is 7.09. The zero-order valence-electron chi connectivity index (χ0n) is 10.5. The van der Waals surface area contributed by atoms with Crippen molar-refractivity contribution in [3.8, 4) is 0 Å². The molecule has 1 fully saturated rings. The number of carbonyl (C=O) groups excluding carboxylic acids is 1. The number of rotatable bonds is 6. The first kappa shape index (κ1) is 13.5. The van der Waals surface area contributed by atoms with Gasteiger partial charge in [0.15, 0.2) is 0 Å². The zero-order chi connectivity index (χ0) is 12.8. The monoisotopic (exact) mass is 268 g/mol. The standard InChI is InChI=1S/C13H20N2O2S/c16-10-11-4-6-15(8-11)9-13(17)14-5-3-12-2-1-7-18-12/h1-2,7,11,16H,3-6,8-10H2,(H,14,17). The molecule has 0 spiro atoms. The molecular weight excluding hydrogens is 248 g/mol. The van der Waals surface area contributed by atoms with Crippen molar-refractivity contribution in [2.24, 2.45) is 5.92 Å². The number of aliphatic hydroxyl groups excluding tert-OH is 1. The molecule has 1 amide bonds. The smallest absolute Gasteiger partial charge is 0.234 e. The van der Waals surface area contributed by atoms with E-state index in [2.05, 4.69) is 21.7 Å². The highest BCUT2D eigenvalue weighted by Gasteiger charge is 2.22. The summed E-state index contributed by atoms with van der Waals surface area (Å²) in [5.74, 6) is 0.439. The molecule has 0 aliphatic carbocycles. The first-order valence-electron chi connectivity index (χ1n) is 6.40. The van der Waals surface area contributed by atoms with Crippen molar-refractivity contribution in [3.05, 3.63) is 22.4 Å². The lowest BCUT2D eigenvalue weighted by Crippen LogP contribution is -2.37. The highest BCUT2D eigenvalue weighted by Crippen LogP contribution is 2.14. The number of nitrogens with zero attached hydrogens (tertiary/aromatic N) is 1. The minimum Gasteiger partial charge on any atom is -0.396 e. The van der Waals surface area contributed by atoms with Crippen LogP contribution in [0.1, 0.15) is 11.3 Å². The molecule has 1 unspecified atom stereocenters. The first-order valence-corrected chi connectivity index (χ1v) is 7.28. The molecule has 1 atom stereocenters. The van der Waals surface area contributed by atoms with E-state index in [1.807, 2.05) is 6.07 Å². The molecule has 5 heteroatoms. The zero-order valence-corrected chi connectivity index (χ0v) is 11.3. The van der Waals surface area contributed by atoms with Crippen molar-refractivity contribution in [1.82, 2.24) is 10.2 Å². The Bertz CT molecular complexity index is 367. The summed E-state index contributed by atoms with van der Waals surface area (Å²) in [5, 5.41) is 14.0. The molecule has 0 radical (unpaired) electrons. The molecule has 1 aromatic rings. The van der Waals surface area contributed by atoms with Crippen LogP contribution in [0.3, 0.4) is 0 Å². The van der Waals surface area contributed by atoms with Gasteiger partial charge in [0.1, 0.15) is 0 Å². The molecule has 0 saturated carbocycles. The van der Waals surface area contributed by atoms with Crippen LogP contribution in [0.15, 0.2) is 17.5 Å². The molecule has 0 bridgehead atoms. The SMILES string of the molecule is O=C(CN1CCC(CO)C1)NCCc1cccs1. The number of amides is 1. The number of nitrogens with one attached hydrogen (secondary N) is 1. The van der Waals surface area contributed by atoms with Crippen LogP contribution in [0.5, 0.6) is 0 Å². The lowest BCUT2D eigenvalue weighted by Gasteiger charge is -2.14. The minimum absolute atomic E-state index is 0.0881. The molecule has 1 aliphatic heterocycles. The van der Waals surface area contributed by atoms with Crippen molar-refractivity contribution < 1.29 is 9.90 Å². The lowest BCUT2D eigenvalue weighted by molar-refractivity contribution is -0.122. The van der Waals surface area contributed by atoms with E-state index in [4.69, 9.17) is 5.11 Å². The number of likely N-dealkylation sites (tertiary alicyclic amines) is 1. The number of hydrogen-bond donors (Lipinski definition) is 2. The molecule has 2 N–H and O–H groups in total. The molecule has 2 rings (SSSR count). The van der Waals surface area contributed by atoms with Crippen LogP contribution in [0, 0.1) is 5.92 Å². The van der Waals surface area contributed by atoms with Crippen molar-refractivity contribution in [2.75, 3.05) is 32.8 Å². The topological polar surface area (TPSA) is 52.6 Å². The average molecular weight is 268 g/mol. The van der Waals surface area contributed by atoms with Crippen molar-refractivity contribution in [1.29, 1.82) is 0 Å². The summed E-state index contributed by atoms with van der Waals surface area (Å²) in [4.78, 5) is 15.1. The van der Waals surface area contributed by atoms with Crippen molar-refractivity contribution >= 4 is 17.2 Å². The highest BCUT2D eigenvalue weighted by atomic mass is 32.1. The van der Waals surface area contributed by atoms with Gasteiger partial charge in [0.25, 0.3) is 0 Å². The van der Waals surface area contributed by atoms with E-state index in [0.717, 1.165) is 25.9 Å². The van der Waals surface area contributed by atoms with E-state index in [0.29, 0.717) is 19.0 Å². The van der Waals surface area contributed by atoms with Crippen LogP contribution in [0.25, 0.3) is 0 Å². The number of thiophene rings is 1. The maximum atomic E-state index is 11.7. The van der Waals surface area contributed by atoms with Gasteiger partial charge in [-0.1, -0.05) is 6.07 Å². The number of aliphatic hydroxyl groups is 1. The van der Waals surface area contributed by atoms with Crippen LogP contribution >= 0.6 is 11.3 Å². The number of carbonyl (C=O) groups is 1. The summed E-state index contributed by atoms with van der Waals surface area (Å²) in [5.41, 5.74) is 0. The van der Waals surface area contributed by atoms with Crippen LogP contribution in [0.2, 0.25) is 0 Å². The third kappa shape index (κ3) is 4.08. The van der Waals surface area contributed by atoms with Crippen molar-refractivity contribution in [3.63, 3.8) is 0 Å². The fourth-order valence-corrected chi connectivity index (χ4v) is 2.95. The summed E-state index contributed by atoms with van der Waals surface area (Å²) >= 11 is 1.72. The summed E-state index contributed by atoms with van der Waals surface area (Å²) in [7, 11) is 0. The van der Waals surface area contributed by atoms with Gasteiger partial charge in [-0.15, -0.1) is 11.3 Å². The third-order valence-corrected chi connectivity index (χ3v) is 4.21. The van der Waals surface area contributed by atoms with E-state index in [9.17, 15) is 4.79 Å². The van der Waals surface area contributed by atoms with E-state index in [1.54, 1.807) is 11.3 Å². The van der Waals surface area contributed by atoms with Gasteiger partial charge >= 0.3 is 0 Å². The molecule has 0 aromatic carbocycles. The van der Waals surface area contributed by atoms with E-state index >= 15 is 0 Å². The predicted molar refractivity (Wildman–Crippen MR) is 72.7 cm³/mol. The van der Waals surface area contributed by atoms with Gasteiger partial charge in [-0.3, -0.25) is 9.69 Å². The second-order valence-corrected chi connectivity index (χ2v) is 5.78. The maximum Gasteiger partial charge on any atom is 0.234 e. The van der Waals surface area contributed by atoms with Gasteiger partial charge in [-0.2, -0.15) is 0 Å². The van der Waals surface area contributed by atoms with Crippen LogP contribution in [-0.2, 0) is 11.2 Å². The Hall–Kier alpha value is -0.910. The summed E-state index contributed by atoms with van der Waals surface area (Å²) in [6.45, 7) is 3.16. The molecule has 1 aromatic heterocycles. The quantitative estimate of drug-likeness (QED) is 0.799. The molecule has 1 saturated heterocycles. The minimum atomic E-state index is 0.0881. The Balaban J connectivity index is 1.61. The molecule has 100 valence electrons. The van der Waals surface area contributed by atoms with Gasteiger partial charge < -0.3 is 10.4 Å². The fourth-order valence-electron chi connectivity index (χ4n) is 2.24. The Morgan fingerprint density at radius 2 is 2.50 bits per heavy atom. The second kappa shape index (κ2) is 6.87. The number of hydrogen-bond acceptors (Lipinski definition) is 4. The maximum absolute atomic E-state index is 11.7. The Labute approximate surface area is 112 Å². The molecule has 18 heavy (non-hydrogen) atoms. The van der Waals surface area contributed by atoms with Crippen LogP contribution in [0.4, 0.5) is 0 Å². The average Bonchev–Trinajstić information content (AvgIpc) is 3.00. The van der Waals surface area contributed by atoms with Crippen LogP contribution < -0.4 is 5.32 Å². The fraction of sp³-hybridized carbons (Fsp3) is 0.615. The van der Waals surface area contributed by atoms with Gasteiger partial charge in [-0.05, 0) is 36.8 Å².